The molecule has 0 fully saturated rings. The van der Waals surface area contributed by atoms with Gasteiger partial charge in [-0.25, -0.2) is 18.4 Å². The fourth-order valence-electron chi connectivity index (χ4n) is 1.25. The summed E-state index contributed by atoms with van der Waals surface area (Å²) in [6, 6.07) is 5.69. The van der Waals surface area contributed by atoms with Gasteiger partial charge in [0.2, 0.25) is 15.7 Å². The van der Waals surface area contributed by atoms with Gasteiger partial charge in [0, 0.05) is 4.90 Å². The Bertz CT molecular complexity index is 708. The molecule has 4 N–H and O–H groups in total. The third-order valence-electron chi connectivity index (χ3n) is 2.09. The number of primary sulfonamides is 1. The summed E-state index contributed by atoms with van der Waals surface area (Å²) < 4.78 is 22.1. The third kappa shape index (κ3) is 3.10. The lowest BCUT2D eigenvalue weighted by atomic mass is 10.4. The smallest absolute Gasteiger partial charge is 0.359 e. The van der Waals surface area contributed by atoms with Crippen molar-refractivity contribution in [3.8, 4) is 0 Å². The number of rotatable bonds is 4. The first-order valence-electron chi connectivity index (χ1n) is 4.83. The lowest BCUT2D eigenvalue weighted by Gasteiger charge is -2.01. The molecule has 0 amide bonds. The normalized spacial score (nSPS) is 11.4. The molecule has 10 heteroatoms. The second-order valence-corrected chi connectivity index (χ2v) is 6.06. The van der Waals surface area contributed by atoms with Gasteiger partial charge in [0.25, 0.3) is 0 Å². The monoisotopic (exact) mass is 300 g/mol. The van der Waals surface area contributed by atoms with Crippen molar-refractivity contribution in [3.63, 3.8) is 0 Å². The van der Waals surface area contributed by atoms with Crippen LogP contribution in [0, 0.1) is 0 Å². The van der Waals surface area contributed by atoms with E-state index in [1.54, 1.807) is 0 Å². The highest BCUT2D eigenvalue weighted by Crippen LogP contribution is 2.28. The second-order valence-electron chi connectivity index (χ2n) is 3.41. The van der Waals surface area contributed by atoms with E-state index in [0.29, 0.717) is 4.90 Å². The summed E-state index contributed by atoms with van der Waals surface area (Å²) in [6.45, 7) is 0. The number of carboxylic acids is 1. The first kappa shape index (κ1) is 13.5. The van der Waals surface area contributed by atoms with Crippen molar-refractivity contribution in [2.24, 2.45) is 5.14 Å². The van der Waals surface area contributed by atoms with Crippen LogP contribution in [-0.4, -0.2) is 34.9 Å². The van der Waals surface area contributed by atoms with E-state index in [9.17, 15) is 13.2 Å². The van der Waals surface area contributed by atoms with Crippen molar-refractivity contribution in [1.82, 2.24) is 15.4 Å². The minimum Gasteiger partial charge on any atom is -0.476 e. The number of aromatic carboxylic acids is 1. The minimum atomic E-state index is -3.74. The standard InChI is InChI=1S/C9H8N4O4S2/c10-19(16,17)6-3-1-5(2-4-6)18-8-7(9(14)15)11-13-12-8/h1-4H,(H,14,15)(H2,10,16,17)(H,11,12,13). The number of nitrogens with one attached hydrogen (secondary N) is 1. The summed E-state index contributed by atoms with van der Waals surface area (Å²) in [5.74, 6) is -1.20. The molecule has 0 unspecified atom stereocenters. The molecule has 0 radical (unpaired) electrons. The average Bonchev–Trinajstić information content (AvgIpc) is 2.77. The van der Waals surface area contributed by atoms with E-state index in [1.165, 1.54) is 24.3 Å². The molecule has 0 bridgehead atoms. The van der Waals surface area contributed by atoms with E-state index in [-0.39, 0.29) is 15.6 Å². The molecule has 0 aliphatic heterocycles. The highest BCUT2D eigenvalue weighted by atomic mass is 32.2. The van der Waals surface area contributed by atoms with Gasteiger partial charge >= 0.3 is 5.97 Å². The van der Waals surface area contributed by atoms with Crippen LogP contribution in [0.2, 0.25) is 0 Å². The lowest BCUT2D eigenvalue weighted by molar-refractivity contribution is 0.0686. The predicted molar refractivity (Wildman–Crippen MR) is 65.3 cm³/mol. The highest BCUT2D eigenvalue weighted by Gasteiger charge is 2.16. The topological polar surface area (TPSA) is 139 Å². The second kappa shape index (κ2) is 4.99. The van der Waals surface area contributed by atoms with Crippen LogP contribution in [0.4, 0.5) is 0 Å². The Balaban J connectivity index is 2.25. The summed E-state index contributed by atoms with van der Waals surface area (Å²) in [5.41, 5.74) is -0.194. The molecular weight excluding hydrogens is 292 g/mol. The number of hydrogen-bond acceptors (Lipinski definition) is 6. The Morgan fingerprint density at radius 2 is 1.95 bits per heavy atom. The maximum atomic E-state index is 11.1. The molecule has 100 valence electrons. The van der Waals surface area contributed by atoms with Gasteiger partial charge in [-0.2, -0.15) is 0 Å². The summed E-state index contributed by atoms with van der Waals surface area (Å²) in [5, 5.41) is 23.4. The minimum absolute atomic E-state index is 0.0157. The number of sulfonamides is 1. The molecule has 0 aliphatic rings. The predicted octanol–water partition coefficient (Wildman–Crippen LogP) is 0.301. The molecule has 2 rings (SSSR count). The lowest BCUT2D eigenvalue weighted by Crippen LogP contribution is -2.11. The van der Waals surface area contributed by atoms with Gasteiger partial charge in [-0.3, -0.25) is 5.10 Å². The number of carbonyl (C=O) groups is 1. The molecule has 19 heavy (non-hydrogen) atoms. The number of aromatic amines is 1. The van der Waals surface area contributed by atoms with Crippen LogP contribution < -0.4 is 5.14 Å². The SMILES string of the molecule is NS(=O)(=O)c1ccc(Sc2[nH]nnc2C(=O)O)cc1. The molecule has 1 aromatic carbocycles. The summed E-state index contributed by atoms with van der Waals surface area (Å²) in [7, 11) is -3.74. The third-order valence-corrected chi connectivity index (χ3v) is 4.02. The first-order valence-corrected chi connectivity index (χ1v) is 7.19. The molecule has 0 spiro atoms. The molecule has 0 aliphatic carbocycles. The average molecular weight is 300 g/mol. The Hall–Kier alpha value is -1.91. The number of nitrogens with zero attached hydrogens (tertiary/aromatic N) is 2. The van der Waals surface area contributed by atoms with Crippen LogP contribution in [0.15, 0.2) is 39.1 Å². The number of aromatic nitrogens is 3. The van der Waals surface area contributed by atoms with Crippen molar-refractivity contribution in [2.75, 3.05) is 0 Å². The Kier molecular flexibility index (Phi) is 3.55. The van der Waals surface area contributed by atoms with Crippen molar-refractivity contribution >= 4 is 27.8 Å². The zero-order valence-corrected chi connectivity index (χ0v) is 10.9. The van der Waals surface area contributed by atoms with Crippen LogP contribution in [0.25, 0.3) is 0 Å². The van der Waals surface area contributed by atoms with Gasteiger partial charge < -0.3 is 5.11 Å². The zero-order chi connectivity index (χ0) is 14.0. The first-order chi connectivity index (χ1) is 8.88. The zero-order valence-electron chi connectivity index (χ0n) is 9.27. The molecule has 1 aromatic heterocycles. The fraction of sp³-hybridized carbons (Fsp3) is 0. The maximum Gasteiger partial charge on any atom is 0.359 e. The number of H-pyrrole nitrogens is 1. The quantitative estimate of drug-likeness (QED) is 0.737. The summed E-state index contributed by atoms with van der Waals surface area (Å²) in [6.07, 6.45) is 0. The van der Waals surface area contributed by atoms with E-state index < -0.39 is 16.0 Å². The van der Waals surface area contributed by atoms with Gasteiger partial charge in [0.1, 0.15) is 5.03 Å². The summed E-state index contributed by atoms with van der Waals surface area (Å²) in [4.78, 5) is 11.4. The van der Waals surface area contributed by atoms with E-state index in [1.807, 2.05) is 0 Å². The Morgan fingerprint density at radius 3 is 2.47 bits per heavy atom. The molecule has 0 atom stereocenters. The van der Waals surface area contributed by atoms with E-state index in [2.05, 4.69) is 15.4 Å². The molecule has 2 aromatic rings. The highest BCUT2D eigenvalue weighted by molar-refractivity contribution is 7.99. The fourth-order valence-corrected chi connectivity index (χ4v) is 2.58. The van der Waals surface area contributed by atoms with Crippen LogP contribution in [0.5, 0.6) is 0 Å². The van der Waals surface area contributed by atoms with Crippen LogP contribution >= 0.6 is 11.8 Å². The van der Waals surface area contributed by atoms with Crippen molar-refractivity contribution in [2.45, 2.75) is 14.8 Å². The summed E-state index contributed by atoms with van der Waals surface area (Å²) >= 11 is 1.07. The van der Waals surface area contributed by atoms with Crippen molar-refractivity contribution in [1.29, 1.82) is 0 Å². The van der Waals surface area contributed by atoms with E-state index >= 15 is 0 Å². The number of nitrogens with two attached hydrogens (primary N) is 1. The largest absolute Gasteiger partial charge is 0.476 e. The molecule has 0 saturated heterocycles. The van der Waals surface area contributed by atoms with Gasteiger partial charge in [-0.1, -0.05) is 17.0 Å². The number of carboxylic acid groups (broad SMARTS) is 1. The number of hydrogen-bond donors (Lipinski definition) is 3. The van der Waals surface area contributed by atoms with Gasteiger partial charge in [-0.05, 0) is 24.3 Å². The van der Waals surface area contributed by atoms with E-state index in [0.717, 1.165) is 11.8 Å². The Morgan fingerprint density at radius 1 is 1.32 bits per heavy atom. The van der Waals surface area contributed by atoms with Crippen LogP contribution in [0.1, 0.15) is 10.5 Å². The van der Waals surface area contributed by atoms with Gasteiger partial charge in [0.15, 0.2) is 0 Å². The Labute approximate surface area is 112 Å². The van der Waals surface area contributed by atoms with Crippen molar-refractivity contribution < 1.29 is 18.3 Å². The van der Waals surface area contributed by atoms with Crippen LogP contribution in [-0.2, 0) is 10.0 Å². The molecule has 0 saturated carbocycles. The van der Waals surface area contributed by atoms with E-state index in [4.69, 9.17) is 10.2 Å². The molecule has 8 nitrogen and oxygen atoms in total. The van der Waals surface area contributed by atoms with Gasteiger partial charge in [0.05, 0.1) is 4.90 Å². The van der Waals surface area contributed by atoms with Crippen LogP contribution in [0.3, 0.4) is 0 Å². The number of benzene rings is 1. The molecular formula is C9H8N4O4S2. The van der Waals surface area contributed by atoms with Gasteiger partial charge in [-0.15, -0.1) is 5.10 Å². The van der Waals surface area contributed by atoms with Crippen molar-refractivity contribution in [3.05, 3.63) is 30.0 Å². The molecule has 1 heterocycles. The maximum absolute atomic E-state index is 11.1.